The summed E-state index contributed by atoms with van der Waals surface area (Å²) >= 11 is 0. The predicted molar refractivity (Wildman–Crippen MR) is 93.4 cm³/mol. The Morgan fingerprint density at radius 3 is 3.04 bits per heavy atom. The van der Waals surface area contributed by atoms with Gasteiger partial charge in [-0.05, 0) is 43.3 Å². The van der Waals surface area contributed by atoms with Crippen LogP contribution in [0.5, 0.6) is 0 Å². The molecule has 2 aliphatic carbocycles. The van der Waals surface area contributed by atoms with E-state index in [1.54, 1.807) is 12.5 Å². The lowest BCUT2D eigenvalue weighted by Crippen LogP contribution is -2.20. The van der Waals surface area contributed by atoms with E-state index in [-0.39, 0.29) is 11.8 Å². The molecule has 0 aromatic carbocycles. The number of aromatic nitrogens is 2. The summed E-state index contributed by atoms with van der Waals surface area (Å²) in [6.45, 7) is 4.12. The molecule has 1 unspecified atom stereocenters. The van der Waals surface area contributed by atoms with E-state index in [2.05, 4.69) is 31.0 Å². The number of allylic oxidation sites excluding steroid dienone is 6. The molecule has 1 atom stereocenters. The van der Waals surface area contributed by atoms with Gasteiger partial charge in [-0.1, -0.05) is 31.6 Å². The lowest BCUT2D eigenvalue weighted by molar-refractivity contribution is 0.0957. The van der Waals surface area contributed by atoms with E-state index in [9.17, 15) is 4.79 Å². The normalized spacial score (nSPS) is 20.4. The van der Waals surface area contributed by atoms with E-state index in [1.165, 1.54) is 11.1 Å². The minimum absolute atomic E-state index is 0.144. The van der Waals surface area contributed by atoms with Crippen LogP contribution in [0.4, 0.5) is 0 Å². The van der Waals surface area contributed by atoms with E-state index in [0.29, 0.717) is 23.6 Å². The highest BCUT2D eigenvalue weighted by Gasteiger charge is 2.26. The number of hydrogen-bond donors (Lipinski definition) is 0. The van der Waals surface area contributed by atoms with Gasteiger partial charge in [-0.2, -0.15) is 5.26 Å². The molecule has 0 saturated carbocycles. The monoisotopic (exact) mass is 321 g/mol. The van der Waals surface area contributed by atoms with E-state index < -0.39 is 0 Å². The van der Waals surface area contributed by atoms with Crippen LogP contribution in [0.25, 0.3) is 0 Å². The molecule has 1 aromatic rings. The standard InChI is InChI=1S/C20H23N3O/c1-14(2)10-20(24)19-12-22-13-23(19)18-5-3-4-16-8-6-15(11-21)7-9-17(16)18/h6-7,9,12-14,18H,3-5,8,10H2,1-2H3. The summed E-state index contributed by atoms with van der Waals surface area (Å²) in [7, 11) is 0. The van der Waals surface area contributed by atoms with Crippen LogP contribution in [0.3, 0.4) is 0 Å². The largest absolute Gasteiger partial charge is 0.321 e. The van der Waals surface area contributed by atoms with E-state index >= 15 is 0 Å². The van der Waals surface area contributed by atoms with Gasteiger partial charge in [-0.15, -0.1) is 0 Å². The van der Waals surface area contributed by atoms with E-state index in [4.69, 9.17) is 5.26 Å². The number of imidazole rings is 1. The van der Waals surface area contributed by atoms with Crippen molar-refractivity contribution in [3.63, 3.8) is 0 Å². The summed E-state index contributed by atoms with van der Waals surface area (Å²) in [6.07, 6.45) is 14.0. The molecule has 3 rings (SSSR count). The number of nitriles is 1. The van der Waals surface area contributed by atoms with Gasteiger partial charge >= 0.3 is 0 Å². The molecule has 2 aliphatic rings. The van der Waals surface area contributed by atoms with Crippen LogP contribution in [0.15, 0.2) is 47.5 Å². The van der Waals surface area contributed by atoms with Gasteiger partial charge in [-0.25, -0.2) is 4.98 Å². The van der Waals surface area contributed by atoms with Crippen molar-refractivity contribution < 1.29 is 4.79 Å². The first-order chi connectivity index (χ1) is 11.6. The van der Waals surface area contributed by atoms with Crippen molar-refractivity contribution in [2.24, 2.45) is 5.92 Å². The third-order valence-corrected chi connectivity index (χ3v) is 4.74. The molecule has 0 fully saturated rings. The molecule has 1 aromatic heterocycles. The lowest BCUT2D eigenvalue weighted by atomic mass is 9.86. The maximum atomic E-state index is 12.6. The van der Waals surface area contributed by atoms with Gasteiger partial charge in [0.05, 0.1) is 24.6 Å². The predicted octanol–water partition coefficient (Wildman–Crippen LogP) is 4.54. The Balaban J connectivity index is 1.95. The first-order valence-corrected chi connectivity index (χ1v) is 8.65. The summed E-state index contributed by atoms with van der Waals surface area (Å²) in [5.41, 5.74) is 4.04. The summed E-state index contributed by atoms with van der Waals surface area (Å²) in [6, 6.07) is 2.37. The Hall–Kier alpha value is -2.41. The minimum Gasteiger partial charge on any atom is -0.321 e. The zero-order chi connectivity index (χ0) is 17.1. The van der Waals surface area contributed by atoms with Gasteiger partial charge in [0.15, 0.2) is 5.78 Å². The number of ketones is 1. The van der Waals surface area contributed by atoms with Crippen molar-refractivity contribution in [3.05, 3.63) is 53.2 Å². The Morgan fingerprint density at radius 1 is 1.46 bits per heavy atom. The molecular formula is C20H23N3O. The molecular weight excluding hydrogens is 298 g/mol. The molecule has 4 nitrogen and oxygen atoms in total. The molecule has 1 heterocycles. The zero-order valence-electron chi connectivity index (χ0n) is 14.3. The van der Waals surface area contributed by atoms with Gasteiger partial charge in [-0.3, -0.25) is 4.79 Å². The van der Waals surface area contributed by atoms with Crippen LogP contribution in [0.2, 0.25) is 0 Å². The molecule has 0 saturated heterocycles. The lowest BCUT2D eigenvalue weighted by Gasteiger charge is -2.28. The van der Waals surface area contributed by atoms with Crippen LogP contribution in [0.1, 0.15) is 62.5 Å². The molecule has 0 N–H and O–H groups in total. The third kappa shape index (κ3) is 3.26. The number of carbonyl (C=O) groups is 1. The van der Waals surface area contributed by atoms with Crippen molar-refractivity contribution in [2.45, 2.75) is 52.0 Å². The van der Waals surface area contributed by atoms with E-state index in [1.807, 2.05) is 16.7 Å². The van der Waals surface area contributed by atoms with Crippen LogP contribution in [-0.4, -0.2) is 15.3 Å². The Bertz CT molecular complexity index is 771. The molecule has 4 heteroatoms. The van der Waals surface area contributed by atoms with Crippen LogP contribution in [-0.2, 0) is 0 Å². The first kappa shape index (κ1) is 16.4. The van der Waals surface area contributed by atoms with Crippen molar-refractivity contribution in [2.75, 3.05) is 0 Å². The fourth-order valence-corrected chi connectivity index (χ4v) is 3.59. The molecule has 0 aliphatic heterocycles. The van der Waals surface area contributed by atoms with Crippen molar-refractivity contribution >= 4 is 5.78 Å². The van der Waals surface area contributed by atoms with Crippen LogP contribution < -0.4 is 0 Å². The summed E-state index contributed by atoms with van der Waals surface area (Å²) in [4.78, 5) is 16.8. The van der Waals surface area contributed by atoms with Crippen molar-refractivity contribution in [1.82, 2.24) is 9.55 Å². The van der Waals surface area contributed by atoms with Gasteiger partial charge in [0.2, 0.25) is 0 Å². The molecule has 124 valence electrons. The van der Waals surface area contributed by atoms with Gasteiger partial charge in [0.1, 0.15) is 5.69 Å². The molecule has 0 amide bonds. The fourth-order valence-electron chi connectivity index (χ4n) is 3.59. The maximum absolute atomic E-state index is 12.6. The van der Waals surface area contributed by atoms with Crippen LogP contribution in [0, 0.1) is 17.2 Å². The highest BCUT2D eigenvalue weighted by molar-refractivity contribution is 5.94. The number of nitrogens with zero attached hydrogens (tertiary/aromatic N) is 3. The quantitative estimate of drug-likeness (QED) is 0.765. The maximum Gasteiger partial charge on any atom is 0.181 e. The Morgan fingerprint density at radius 2 is 2.29 bits per heavy atom. The first-order valence-electron chi connectivity index (χ1n) is 8.65. The highest BCUT2D eigenvalue weighted by Crippen LogP contribution is 2.38. The Kier molecular flexibility index (Phi) is 4.80. The zero-order valence-corrected chi connectivity index (χ0v) is 14.3. The average molecular weight is 321 g/mol. The number of hydrogen-bond acceptors (Lipinski definition) is 3. The smallest absolute Gasteiger partial charge is 0.181 e. The second-order valence-corrected chi connectivity index (χ2v) is 6.98. The summed E-state index contributed by atoms with van der Waals surface area (Å²) in [5.74, 6) is 0.491. The fraction of sp³-hybridized carbons (Fsp3) is 0.450. The van der Waals surface area contributed by atoms with Gasteiger partial charge in [0.25, 0.3) is 0 Å². The molecule has 0 radical (unpaired) electrons. The average Bonchev–Trinajstić information content (AvgIpc) is 2.94. The van der Waals surface area contributed by atoms with E-state index in [0.717, 1.165) is 25.7 Å². The summed E-state index contributed by atoms with van der Waals surface area (Å²) < 4.78 is 2.04. The number of rotatable bonds is 4. The van der Waals surface area contributed by atoms with Crippen LogP contribution >= 0.6 is 0 Å². The topological polar surface area (TPSA) is 58.7 Å². The second kappa shape index (κ2) is 7.00. The minimum atomic E-state index is 0.144. The number of Topliss-reactive ketones (excluding diaryl/α,β-unsaturated/α-hetero) is 1. The van der Waals surface area contributed by atoms with Gasteiger partial charge in [0, 0.05) is 12.0 Å². The Labute approximate surface area is 143 Å². The number of carbonyl (C=O) groups excluding carboxylic acids is 1. The molecule has 24 heavy (non-hydrogen) atoms. The summed E-state index contributed by atoms with van der Waals surface area (Å²) in [5, 5.41) is 9.15. The van der Waals surface area contributed by atoms with Crippen molar-refractivity contribution in [3.8, 4) is 6.07 Å². The van der Waals surface area contributed by atoms with Gasteiger partial charge < -0.3 is 4.57 Å². The SMILES string of the molecule is CC(C)CC(=O)c1cncn1C1CCCC2=C1C=CC(C#N)=CC2. The molecule has 0 bridgehead atoms. The van der Waals surface area contributed by atoms with Crippen molar-refractivity contribution in [1.29, 1.82) is 5.26 Å². The third-order valence-electron chi connectivity index (χ3n) is 4.74. The molecule has 0 spiro atoms. The second-order valence-electron chi connectivity index (χ2n) is 6.98. The highest BCUT2D eigenvalue weighted by atomic mass is 16.1.